The SMILES string of the molecule is CCc1ccc(N(CCC(=O)O)CC(=O)N(CC)CC)cc1. The van der Waals surface area contributed by atoms with E-state index in [1.54, 1.807) is 4.90 Å². The van der Waals surface area contributed by atoms with E-state index in [0.29, 0.717) is 19.6 Å². The molecule has 1 aromatic rings. The predicted octanol–water partition coefficient (Wildman–Crippen LogP) is 2.40. The summed E-state index contributed by atoms with van der Waals surface area (Å²) in [5.41, 5.74) is 2.11. The highest BCUT2D eigenvalue weighted by Gasteiger charge is 2.16. The molecule has 0 unspecified atom stereocenters. The van der Waals surface area contributed by atoms with Crippen LogP contribution in [0.3, 0.4) is 0 Å². The van der Waals surface area contributed by atoms with Gasteiger partial charge in [-0.05, 0) is 38.0 Å². The van der Waals surface area contributed by atoms with E-state index in [1.807, 2.05) is 43.0 Å². The van der Waals surface area contributed by atoms with E-state index in [-0.39, 0.29) is 18.9 Å². The number of carbonyl (C=O) groups is 2. The van der Waals surface area contributed by atoms with Gasteiger partial charge in [0.05, 0.1) is 13.0 Å². The molecule has 0 fully saturated rings. The van der Waals surface area contributed by atoms with Crippen molar-refractivity contribution in [3.8, 4) is 0 Å². The molecule has 0 radical (unpaired) electrons. The molecule has 0 saturated carbocycles. The summed E-state index contributed by atoms with van der Waals surface area (Å²) >= 11 is 0. The predicted molar refractivity (Wildman–Crippen MR) is 88.2 cm³/mol. The number of likely N-dealkylation sites (N-methyl/N-ethyl adjacent to an activating group) is 1. The molecular formula is C17H26N2O3. The van der Waals surface area contributed by atoms with Gasteiger partial charge in [-0.15, -0.1) is 0 Å². The number of carboxylic acid groups (broad SMARTS) is 1. The molecule has 1 rings (SSSR count). The minimum absolute atomic E-state index is 0.0149. The first-order valence-electron chi connectivity index (χ1n) is 7.85. The molecule has 0 heterocycles. The number of anilines is 1. The lowest BCUT2D eigenvalue weighted by Crippen LogP contribution is -2.41. The van der Waals surface area contributed by atoms with Gasteiger partial charge in [-0.1, -0.05) is 19.1 Å². The first-order valence-corrected chi connectivity index (χ1v) is 7.85. The topological polar surface area (TPSA) is 60.9 Å². The molecule has 0 aliphatic heterocycles. The molecule has 1 N–H and O–H groups in total. The quantitative estimate of drug-likeness (QED) is 0.761. The van der Waals surface area contributed by atoms with Crippen molar-refractivity contribution in [2.75, 3.05) is 31.1 Å². The van der Waals surface area contributed by atoms with E-state index >= 15 is 0 Å². The third-order valence-electron chi connectivity index (χ3n) is 3.75. The van der Waals surface area contributed by atoms with Crippen LogP contribution in [0.5, 0.6) is 0 Å². The standard InChI is InChI=1S/C17H26N2O3/c1-4-14-7-9-15(10-8-14)19(12-11-17(21)22)13-16(20)18(5-2)6-3/h7-10H,4-6,11-13H2,1-3H3,(H,21,22). The molecule has 0 bridgehead atoms. The van der Waals surface area contributed by atoms with Gasteiger partial charge < -0.3 is 14.9 Å². The smallest absolute Gasteiger partial charge is 0.305 e. The highest BCUT2D eigenvalue weighted by atomic mass is 16.4. The molecule has 0 aliphatic carbocycles. The summed E-state index contributed by atoms with van der Waals surface area (Å²) in [5.74, 6) is -0.833. The van der Waals surface area contributed by atoms with Gasteiger partial charge in [-0.25, -0.2) is 0 Å². The zero-order valence-corrected chi connectivity index (χ0v) is 13.7. The van der Waals surface area contributed by atoms with E-state index in [0.717, 1.165) is 12.1 Å². The highest BCUT2D eigenvalue weighted by molar-refractivity contribution is 5.81. The second-order valence-corrected chi connectivity index (χ2v) is 5.15. The second-order valence-electron chi connectivity index (χ2n) is 5.15. The Morgan fingerprint density at radius 1 is 1.05 bits per heavy atom. The molecule has 1 amide bonds. The summed E-state index contributed by atoms with van der Waals surface area (Å²) in [6.07, 6.45) is 0.967. The Morgan fingerprint density at radius 2 is 1.64 bits per heavy atom. The summed E-state index contributed by atoms with van der Waals surface area (Å²) in [4.78, 5) is 26.7. The molecular weight excluding hydrogens is 280 g/mol. The van der Waals surface area contributed by atoms with Crippen molar-refractivity contribution >= 4 is 17.6 Å². The number of rotatable bonds is 9. The van der Waals surface area contributed by atoms with Crippen molar-refractivity contribution in [1.29, 1.82) is 0 Å². The molecule has 0 aliphatic rings. The number of carboxylic acids is 1. The van der Waals surface area contributed by atoms with Gasteiger partial charge in [0, 0.05) is 25.3 Å². The maximum Gasteiger partial charge on any atom is 0.305 e. The van der Waals surface area contributed by atoms with Crippen LogP contribution in [-0.4, -0.2) is 48.1 Å². The van der Waals surface area contributed by atoms with Crippen LogP contribution in [-0.2, 0) is 16.0 Å². The fraction of sp³-hybridized carbons (Fsp3) is 0.529. The van der Waals surface area contributed by atoms with Crippen molar-refractivity contribution in [2.24, 2.45) is 0 Å². The van der Waals surface area contributed by atoms with Crippen LogP contribution in [0.4, 0.5) is 5.69 Å². The number of benzene rings is 1. The second kappa shape index (κ2) is 9.07. The van der Waals surface area contributed by atoms with Gasteiger partial charge in [0.1, 0.15) is 0 Å². The van der Waals surface area contributed by atoms with Gasteiger partial charge in [-0.2, -0.15) is 0 Å². The van der Waals surface area contributed by atoms with Crippen LogP contribution < -0.4 is 4.90 Å². The average molecular weight is 306 g/mol. The van der Waals surface area contributed by atoms with Crippen LogP contribution in [0.25, 0.3) is 0 Å². The minimum atomic E-state index is -0.856. The molecule has 22 heavy (non-hydrogen) atoms. The fourth-order valence-electron chi connectivity index (χ4n) is 2.31. The maximum absolute atomic E-state index is 12.3. The molecule has 1 aromatic carbocycles. The molecule has 5 heteroatoms. The number of hydrogen-bond donors (Lipinski definition) is 1. The van der Waals surface area contributed by atoms with Crippen molar-refractivity contribution in [3.63, 3.8) is 0 Å². The van der Waals surface area contributed by atoms with Gasteiger partial charge in [0.25, 0.3) is 0 Å². The Kier molecular flexibility index (Phi) is 7.43. The Morgan fingerprint density at radius 3 is 2.09 bits per heavy atom. The lowest BCUT2D eigenvalue weighted by atomic mass is 10.1. The monoisotopic (exact) mass is 306 g/mol. The minimum Gasteiger partial charge on any atom is -0.481 e. The molecule has 0 saturated heterocycles. The number of carbonyl (C=O) groups excluding carboxylic acids is 1. The number of amides is 1. The van der Waals surface area contributed by atoms with Gasteiger partial charge in [-0.3, -0.25) is 9.59 Å². The Bertz CT molecular complexity index is 481. The normalized spacial score (nSPS) is 10.3. The van der Waals surface area contributed by atoms with Crippen LogP contribution in [0.1, 0.15) is 32.8 Å². The van der Waals surface area contributed by atoms with Crippen molar-refractivity contribution in [2.45, 2.75) is 33.6 Å². The molecule has 122 valence electrons. The van der Waals surface area contributed by atoms with Gasteiger partial charge in [0.15, 0.2) is 0 Å². The molecule has 0 atom stereocenters. The van der Waals surface area contributed by atoms with E-state index in [1.165, 1.54) is 5.56 Å². The zero-order chi connectivity index (χ0) is 16.5. The van der Waals surface area contributed by atoms with Crippen LogP contribution in [0, 0.1) is 0 Å². The summed E-state index contributed by atoms with van der Waals surface area (Å²) in [5, 5.41) is 8.91. The Labute approximate surface area is 132 Å². The first-order chi connectivity index (χ1) is 10.5. The number of nitrogens with zero attached hydrogens (tertiary/aromatic N) is 2. The zero-order valence-electron chi connectivity index (χ0n) is 13.7. The third-order valence-corrected chi connectivity index (χ3v) is 3.75. The Balaban J connectivity index is 2.86. The Hall–Kier alpha value is -2.04. The van der Waals surface area contributed by atoms with E-state index in [4.69, 9.17) is 5.11 Å². The van der Waals surface area contributed by atoms with Crippen molar-refractivity contribution in [1.82, 2.24) is 4.90 Å². The van der Waals surface area contributed by atoms with Crippen LogP contribution >= 0.6 is 0 Å². The number of aryl methyl sites for hydroxylation is 1. The molecule has 0 aromatic heterocycles. The molecule has 5 nitrogen and oxygen atoms in total. The molecule has 0 spiro atoms. The maximum atomic E-state index is 12.3. The largest absolute Gasteiger partial charge is 0.481 e. The fourth-order valence-corrected chi connectivity index (χ4v) is 2.31. The first kappa shape index (κ1) is 18.0. The summed E-state index contributed by atoms with van der Waals surface area (Å²) in [6.45, 7) is 7.83. The summed E-state index contributed by atoms with van der Waals surface area (Å²) < 4.78 is 0. The average Bonchev–Trinajstić information content (AvgIpc) is 2.52. The lowest BCUT2D eigenvalue weighted by Gasteiger charge is -2.27. The lowest BCUT2D eigenvalue weighted by molar-refractivity contribution is -0.137. The van der Waals surface area contributed by atoms with Crippen molar-refractivity contribution < 1.29 is 14.7 Å². The number of hydrogen-bond acceptors (Lipinski definition) is 3. The van der Waals surface area contributed by atoms with E-state index in [9.17, 15) is 9.59 Å². The van der Waals surface area contributed by atoms with Gasteiger partial charge >= 0.3 is 5.97 Å². The van der Waals surface area contributed by atoms with E-state index < -0.39 is 5.97 Å². The van der Waals surface area contributed by atoms with Crippen LogP contribution in [0.15, 0.2) is 24.3 Å². The van der Waals surface area contributed by atoms with Crippen molar-refractivity contribution in [3.05, 3.63) is 29.8 Å². The third kappa shape index (κ3) is 5.39. The highest BCUT2D eigenvalue weighted by Crippen LogP contribution is 2.16. The summed E-state index contributed by atoms with van der Waals surface area (Å²) in [7, 11) is 0. The van der Waals surface area contributed by atoms with Crippen LogP contribution in [0.2, 0.25) is 0 Å². The van der Waals surface area contributed by atoms with E-state index in [2.05, 4.69) is 6.92 Å². The van der Waals surface area contributed by atoms with Gasteiger partial charge in [0.2, 0.25) is 5.91 Å². The number of aliphatic carboxylic acids is 1. The summed E-state index contributed by atoms with van der Waals surface area (Å²) in [6, 6.07) is 7.95.